The van der Waals surface area contributed by atoms with Gasteiger partial charge in [0.15, 0.2) is 0 Å². The molecular weight excluding hydrogens is 574 g/mol. The molecule has 0 spiro atoms. The molecule has 42 heavy (non-hydrogen) atoms. The van der Waals surface area contributed by atoms with Gasteiger partial charge in [-0.25, -0.2) is 16.8 Å². The van der Waals surface area contributed by atoms with Gasteiger partial charge in [0.25, 0.3) is 20.0 Å². The zero-order valence-corrected chi connectivity index (χ0v) is 24.1. The third kappa shape index (κ3) is 6.22. The normalized spacial score (nSPS) is 11.5. The van der Waals surface area contributed by atoms with Gasteiger partial charge >= 0.3 is 0 Å². The second-order valence-electron chi connectivity index (χ2n) is 9.23. The number of ether oxygens (including phenoxy) is 1. The molecule has 0 unspecified atom stereocenters. The number of sulfonamides is 2. The third-order valence-corrected chi connectivity index (χ3v) is 9.61. The lowest BCUT2D eigenvalue weighted by atomic mass is 10.1. The average Bonchev–Trinajstić information content (AvgIpc) is 3.00. The highest BCUT2D eigenvalue weighted by Crippen LogP contribution is 2.28. The van der Waals surface area contributed by atoms with Crippen molar-refractivity contribution in [1.82, 2.24) is 0 Å². The molecule has 0 atom stereocenters. The molecule has 214 valence electrons. The number of amides is 1. The minimum absolute atomic E-state index is 0.00176. The summed E-state index contributed by atoms with van der Waals surface area (Å²) in [5.74, 6) is -0.197. The van der Waals surface area contributed by atoms with E-state index in [0.29, 0.717) is 17.1 Å². The summed E-state index contributed by atoms with van der Waals surface area (Å²) in [5.41, 5.74) is 0.990. The molecule has 0 saturated heterocycles. The van der Waals surface area contributed by atoms with Crippen LogP contribution in [-0.2, 0) is 24.8 Å². The molecule has 5 rings (SSSR count). The van der Waals surface area contributed by atoms with E-state index in [-0.39, 0.29) is 15.5 Å². The van der Waals surface area contributed by atoms with Crippen LogP contribution in [0.4, 0.5) is 17.1 Å². The van der Waals surface area contributed by atoms with Gasteiger partial charge in [-0.2, -0.15) is 0 Å². The fourth-order valence-electron chi connectivity index (χ4n) is 4.37. The zero-order valence-electron chi connectivity index (χ0n) is 22.5. The number of anilines is 3. The first-order chi connectivity index (χ1) is 20.2. The second-order valence-corrected chi connectivity index (χ2v) is 12.8. The average molecular weight is 602 g/mol. The summed E-state index contributed by atoms with van der Waals surface area (Å²) < 4.78 is 62.1. The maximum absolute atomic E-state index is 13.5. The van der Waals surface area contributed by atoms with Crippen LogP contribution in [0.25, 0.3) is 10.8 Å². The number of carbonyl (C=O) groups excluding carboxylic acids is 1. The van der Waals surface area contributed by atoms with Gasteiger partial charge in [0.2, 0.25) is 5.91 Å². The number of nitrogens with one attached hydrogen (secondary N) is 2. The molecule has 0 heterocycles. The van der Waals surface area contributed by atoms with Gasteiger partial charge in [-0.3, -0.25) is 13.8 Å². The Morgan fingerprint density at radius 3 is 2.14 bits per heavy atom. The lowest BCUT2D eigenvalue weighted by Gasteiger charge is -2.24. The lowest BCUT2D eigenvalue weighted by Crippen LogP contribution is -2.38. The van der Waals surface area contributed by atoms with Crippen LogP contribution in [-0.4, -0.2) is 36.4 Å². The van der Waals surface area contributed by atoms with E-state index in [2.05, 4.69) is 10.0 Å². The molecule has 0 aliphatic carbocycles. The summed E-state index contributed by atoms with van der Waals surface area (Å²) >= 11 is 0. The lowest BCUT2D eigenvalue weighted by molar-refractivity contribution is -0.114. The SMILES string of the molecule is COc1cccc(N(CC(=O)Nc2ccc(S(=O)(=O)Nc3cccc4ccccc34)cc2)S(=O)(=O)c2ccccc2)c1. The third-order valence-electron chi connectivity index (χ3n) is 6.44. The Kier molecular flexibility index (Phi) is 8.14. The fraction of sp³-hybridized carbons (Fsp3) is 0.0645. The van der Waals surface area contributed by atoms with Crippen LogP contribution in [0.3, 0.4) is 0 Å². The van der Waals surface area contributed by atoms with Crippen LogP contribution in [0, 0.1) is 0 Å². The highest BCUT2D eigenvalue weighted by atomic mass is 32.2. The molecule has 0 fully saturated rings. The monoisotopic (exact) mass is 601 g/mol. The van der Waals surface area contributed by atoms with Crippen molar-refractivity contribution in [3.8, 4) is 5.75 Å². The van der Waals surface area contributed by atoms with E-state index in [1.165, 1.54) is 49.6 Å². The van der Waals surface area contributed by atoms with Crippen LogP contribution in [0.2, 0.25) is 0 Å². The van der Waals surface area contributed by atoms with Gasteiger partial charge in [-0.15, -0.1) is 0 Å². The number of rotatable bonds is 10. The first kappa shape index (κ1) is 28.7. The molecule has 0 saturated carbocycles. The topological polar surface area (TPSA) is 122 Å². The summed E-state index contributed by atoms with van der Waals surface area (Å²) in [5, 5.41) is 4.31. The van der Waals surface area contributed by atoms with Crippen molar-refractivity contribution in [2.24, 2.45) is 0 Å². The first-order valence-corrected chi connectivity index (χ1v) is 15.7. The van der Waals surface area contributed by atoms with E-state index in [1.54, 1.807) is 48.5 Å². The number of carbonyl (C=O) groups is 1. The van der Waals surface area contributed by atoms with E-state index in [1.807, 2.05) is 30.3 Å². The number of nitrogens with zero attached hydrogens (tertiary/aromatic N) is 1. The van der Waals surface area contributed by atoms with Gasteiger partial charge in [0, 0.05) is 17.1 Å². The van der Waals surface area contributed by atoms with E-state index in [9.17, 15) is 21.6 Å². The quantitative estimate of drug-likeness (QED) is 0.219. The van der Waals surface area contributed by atoms with E-state index >= 15 is 0 Å². The molecular formula is C31H27N3O6S2. The molecule has 0 aromatic heterocycles. The Morgan fingerprint density at radius 1 is 0.738 bits per heavy atom. The predicted octanol–water partition coefficient (Wildman–Crippen LogP) is 5.48. The summed E-state index contributed by atoms with van der Waals surface area (Å²) in [4.78, 5) is 13.1. The molecule has 0 aliphatic rings. The molecule has 1 amide bonds. The Balaban J connectivity index is 1.35. The minimum Gasteiger partial charge on any atom is -0.497 e. The minimum atomic E-state index is -4.11. The molecule has 2 N–H and O–H groups in total. The van der Waals surface area contributed by atoms with E-state index in [4.69, 9.17) is 4.74 Å². The van der Waals surface area contributed by atoms with Crippen molar-refractivity contribution >= 4 is 53.8 Å². The summed E-state index contributed by atoms with van der Waals surface area (Å²) in [6.45, 7) is -0.535. The van der Waals surface area contributed by atoms with Gasteiger partial charge in [0.05, 0.1) is 28.3 Å². The van der Waals surface area contributed by atoms with Gasteiger partial charge in [-0.1, -0.05) is 60.7 Å². The summed E-state index contributed by atoms with van der Waals surface area (Å²) in [6, 6.07) is 32.6. The van der Waals surface area contributed by atoms with E-state index < -0.39 is 32.5 Å². The summed E-state index contributed by atoms with van der Waals surface area (Å²) in [6.07, 6.45) is 0. The molecule has 11 heteroatoms. The Morgan fingerprint density at radius 2 is 1.40 bits per heavy atom. The van der Waals surface area contributed by atoms with Crippen molar-refractivity contribution in [3.05, 3.63) is 121 Å². The molecule has 0 aliphatic heterocycles. The predicted molar refractivity (Wildman–Crippen MR) is 164 cm³/mol. The number of hydrogen-bond donors (Lipinski definition) is 2. The van der Waals surface area contributed by atoms with Crippen molar-refractivity contribution in [3.63, 3.8) is 0 Å². The molecule has 5 aromatic carbocycles. The van der Waals surface area contributed by atoms with Crippen molar-refractivity contribution in [2.75, 3.05) is 28.0 Å². The van der Waals surface area contributed by atoms with Crippen LogP contribution in [0.1, 0.15) is 0 Å². The van der Waals surface area contributed by atoms with Crippen molar-refractivity contribution in [1.29, 1.82) is 0 Å². The standard InChI is InChI=1S/C31H27N3O6S2/c1-40-26-12-8-11-25(21-26)34(42(38,39)28-13-3-2-4-14-28)22-31(35)32-24-17-19-27(20-18-24)41(36,37)33-30-16-7-10-23-9-5-6-15-29(23)30/h2-21,33H,22H2,1H3,(H,32,35). The number of methoxy groups -OCH3 is 1. The van der Waals surface area contributed by atoms with Crippen molar-refractivity contribution in [2.45, 2.75) is 9.79 Å². The second kappa shape index (κ2) is 11.9. The molecule has 0 bridgehead atoms. The fourth-order valence-corrected chi connectivity index (χ4v) is 6.88. The highest BCUT2D eigenvalue weighted by Gasteiger charge is 2.27. The highest BCUT2D eigenvalue weighted by molar-refractivity contribution is 7.93. The van der Waals surface area contributed by atoms with Crippen LogP contribution >= 0.6 is 0 Å². The zero-order chi connectivity index (χ0) is 29.7. The maximum atomic E-state index is 13.5. The molecule has 0 radical (unpaired) electrons. The molecule has 9 nitrogen and oxygen atoms in total. The van der Waals surface area contributed by atoms with Gasteiger partial charge in [-0.05, 0) is 60.0 Å². The number of benzene rings is 5. The van der Waals surface area contributed by atoms with Crippen LogP contribution in [0.5, 0.6) is 5.75 Å². The summed E-state index contributed by atoms with van der Waals surface area (Å²) in [7, 11) is -6.57. The largest absolute Gasteiger partial charge is 0.497 e. The molecule has 5 aromatic rings. The Bertz CT molecular complexity index is 1940. The van der Waals surface area contributed by atoms with E-state index in [0.717, 1.165) is 15.1 Å². The smallest absolute Gasteiger partial charge is 0.264 e. The van der Waals surface area contributed by atoms with Crippen LogP contribution in [0.15, 0.2) is 131 Å². The Hall–Kier alpha value is -4.87. The maximum Gasteiger partial charge on any atom is 0.264 e. The number of hydrogen-bond acceptors (Lipinski definition) is 6. The first-order valence-electron chi connectivity index (χ1n) is 12.8. The van der Waals surface area contributed by atoms with Gasteiger partial charge < -0.3 is 10.1 Å². The number of fused-ring (bicyclic) bond motifs is 1. The van der Waals surface area contributed by atoms with Gasteiger partial charge in [0.1, 0.15) is 12.3 Å². The van der Waals surface area contributed by atoms with Crippen LogP contribution < -0.4 is 19.1 Å². The van der Waals surface area contributed by atoms with Crippen molar-refractivity contribution < 1.29 is 26.4 Å². The Labute approximate surface area is 244 Å².